The molecule has 2 fully saturated rings. The molecule has 0 aromatic rings. The summed E-state index contributed by atoms with van der Waals surface area (Å²) >= 11 is 0. The highest BCUT2D eigenvalue weighted by atomic mass is 16.2. The van der Waals surface area contributed by atoms with Crippen molar-refractivity contribution in [2.45, 2.75) is 103 Å². The van der Waals surface area contributed by atoms with Crippen LogP contribution < -0.4 is 21.3 Å². The topological polar surface area (TPSA) is 137 Å². The van der Waals surface area contributed by atoms with Gasteiger partial charge in [0, 0.05) is 19.1 Å². The summed E-state index contributed by atoms with van der Waals surface area (Å²) in [6.07, 6.45) is 7.95. The third kappa shape index (κ3) is 8.06. The smallest absolute Gasteiger partial charge is 0.315 e. The van der Waals surface area contributed by atoms with E-state index >= 15 is 0 Å². The molecule has 5 amide bonds. The van der Waals surface area contributed by atoms with Gasteiger partial charge in [-0.25, -0.2) is 4.79 Å². The molecule has 10 heteroatoms. The molecule has 4 N–H and O–H groups in total. The minimum Gasteiger partial charge on any atom is -0.346 e. The van der Waals surface area contributed by atoms with Gasteiger partial charge in [0.2, 0.25) is 17.6 Å². The number of carbonyl (C=O) groups is 5. The maximum Gasteiger partial charge on any atom is 0.315 e. The normalized spacial score (nSPS) is 20.2. The van der Waals surface area contributed by atoms with E-state index in [1.165, 1.54) is 11.0 Å². The molecule has 0 spiro atoms. The molecule has 2 unspecified atom stereocenters. The number of likely N-dealkylation sites (tertiary alicyclic amines) is 1. The molecule has 0 radical (unpaired) electrons. The van der Waals surface area contributed by atoms with Crippen LogP contribution in [-0.2, 0) is 19.2 Å². The number of hydrogen-bond donors (Lipinski definition) is 4. The van der Waals surface area contributed by atoms with Gasteiger partial charge in [0.05, 0.1) is 6.04 Å². The van der Waals surface area contributed by atoms with E-state index in [2.05, 4.69) is 27.8 Å². The van der Waals surface area contributed by atoms with Gasteiger partial charge in [0.25, 0.3) is 5.91 Å². The molecule has 202 valence electrons. The molecule has 2 rings (SSSR count). The lowest BCUT2D eigenvalue weighted by Gasteiger charge is -2.32. The Balaban J connectivity index is 2.13. The molecule has 1 saturated heterocycles. The molecule has 0 aromatic carbocycles. The van der Waals surface area contributed by atoms with Crippen LogP contribution in [0.15, 0.2) is 12.7 Å². The van der Waals surface area contributed by atoms with Gasteiger partial charge in [-0.1, -0.05) is 39.2 Å². The minimum absolute atomic E-state index is 0.0208. The molecule has 0 aromatic heterocycles. The van der Waals surface area contributed by atoms with Crippen molar-refractivity contribution in [1.29, 1.82) is 0 Å². The van der Waals surface area contributed by atoms with Gasteiger partial charge in [-0.05, 0) is 51.4 Å². The molecule has 36 heavy (non-hydrogen) atoms. The van der Waals surface area contributed by atoms with E-state index < -0.39 is 35.7 Å². The zero-order valence-corrected chi connectivity index (χ0v) is 21.9. The maximum atomic E-state index is 13.7. The first-order valence-electron chi connectivity index (χ1n) is 13.3. The molecule has 1 heterocycles. The van der Waals surface area contributed by atoms with Crippen LogP contribution in [0.3, 0.4) is 0 Å². The fourth-order valence-electron chi connectivity index (χ4n) is 4.90. The summed E-state index contributed by atoms with van der Waals surface area (Å²) in [5.74, 6) is -2.17. The van der Waals surface area contributed by atoms with E-state index in [9.17, 15) is 24.0 Å². The highest BCUT2D eigenvalue weighted by Gasteiger charge is 2.42. The maximum absolute atomic E-state index is 13.7. The number of ketones is 1. The molecule has 0 bridgehead atoms. The van der Waals surface area contributed by atoms with Crippen molar-refractivity contribution >= 4 is 29.5 Å². The fourth-order valence-corrected chi connectivity index (χ4v) is 4.90. The van der Waals surface area contributed by atoms with Gasteiger partial charge in [0.15, 0.2) is 0 Å². The second-order valence-electron chi connectivity index (χ2n) is 9.85. The summed E-state index contributed by atoms with van der Waals surface area (Å²) in [7, 11) is 0. The van der Waals surface area contributed by atoms with E-state index in [1.807, 2.05) is 20.8 Å². The zero-order chi connectivity index (χ0) is 26.7. The average Bonchev–Trinajstić information content (AvgIpc) is 3.57. The van der Waals surface area contributed by atoms with Gasteiger partial charge in [-0.3, -0.25) is 19.2 Å². The third-order valence-corrected chi connectivity index (χ3v) is 7.09. The summed E-state index contributed by atoms with van der Waals surface area (Å²) in [5.41, 5.74) is 0. The van der Waals surface area contributed by atoms with Crippen molar-refractivity contribution in [2.24, 2.45) is 5.92 Å². The predicted octanol–water partition coefficient (Wildman–Crippen LogP) is 1.79. The molecule has 2 aliphatic rings. The molecule has 4 atom stereocenters. The van der Waals surface area contributed by atoms with E-state index in [-0.39, 0.29) is 30.4 Å². The Morgan fingerprint density at radius 1 is 1.00 bits per heavy atom. The number of hydrogen-bond acceptors (Lipinski definition) is 5. The minimum atomic E-state index is -0.963. The number of rotatable bonds is 13. The van der Waals surface area contributed by atoms with E-state index in [1.54, 1.807) is 0 Å². The van der Waals surface area contributed by atoms with Crippen LogP contribution in [0.1, 0.15) is 78.6 Å². The largest absolute Gasteiger partial charge is 0.346 e. The summed E-state index contributed by atoms with van der Waals surface area (Å²) in [5, 5.41) is 10.9. The third-order valence-electron chi connectivity index (χ3n) is 7.09. The molecule has 1 aliphatic heterocycles. The Labute approximate surface area is 214 Å². The SMILES string of the molecule is C=CCNC(=O)C(=O)C(CCC)NC(=O)[C@@H]1CCCN1C(=O)[C@@H](NC(=O)NC(C)CC)C1CCCC1. The summed E-state index contributed by atoms with van der Waals surface area (Å²) < 4.78 is 0. The van der Waals surface area contributed by atoms with E-state index in [4.69, 9.17) is 0 Å². The average molecular weight is 506 g/mol. The second-order valence-corrected chi connectivity index (χ2v) is 9.85. The van der Waals surface area contributed by atoms with Crippen molar-refractivity contribution in [1.82, 2.24) is 26.2 Å². The summed E-state index contributed by atoms with van der Waals surface area (Å²) in [6.45, 7) is 9.81. The second kappa shape index (κ2) is 14.6. The van der Waals surface area contributed by atoms with Gasteiger partial charge in [-0.2, -0.15) is 0 Å². The van der Waals surface area contributed by atoms with Crippen molar-refractivity contribution in [2.75, 3.05) is 13.1 Å². The van der Waals surface area contributed by atoms with E-state index in [0.29, 0.717) is 32.2 Å². The molecular formula is C26H43N5O5. The number of nitrogens with zero attached hydrogens (tertiary/aromatic N) is 1. The number of urea groups is 1. The molecule has 1 aliphatic carbocycles. The Hall–Kier alpha value is -2.91. The van der Waals surface area contributed by atoms with Crippen LogP contribution in [0, 0.1) is 5.92 Å². The van der Waals surface area contributed by atoms with Crippen LogP contribution in [0.4, 0.5) is 4.79 Å². The fraction of sp³-hybridized carbons (Fsp3) is 0.731. The Kier molecular flexibility index (Phi) is 11.9. The molecule has 10 nitrogen and oxygen atoms in total. The van der Waals surface area contributed by atoms with Crippen molar-refractivity contribution in [3.05, 3.63) is 12.7 Å². The standard InChI is InChI=1S/C26H43N5O5/c1-5-11-19(22(32)24(34)27-15-6-2)29-23(33)20-14-10-16-31(20)25(35)21(18-12-8-9-13-18)30-26(36)28-17(4)7-3/h6,17-21H,2,5,7-16H2,1,3-4H3,(H,27,34)(H,29,33)(H2,28,30,36)/t17?,19?,20-,21-/m0/s1. The number of carbonyl (C=O) groups excluding carboxylic acids is 5. The lowest BCUT2D eigenvalue weighted by atomic mass is 9.96. The van der Waals surface area contributed by atoms with Crippen LogP contribution >= 0.6 is 0 Å². The van der Waals surface area contributed by atoms with Crippen LogP contribution in [0.2, 0.25) is 0 Å². The highest BCUT2D eigenvalue weighted by Crippen LogP contribution is 2.30. The van der Waals surface area contributed by atoms with Gasteiger partial charge in [-0.15, -0.1) is 6.58 Å². The Morgan fingerprint density at radius 2 is 1.69 bits per heavy atom. The number of nitrogens with one attached hydrogen (secondary N) is 4. The van der Waals surface area contributed by atoms with Crippen molar-refractivity contribution in [3.8, 4) is 0 Å². The summed E-state index contributed by atoms with van der Waals surface area (Å²) in [6, 6.07) is -2.82. The van der Waals surface area contributed by atoms with Gasteiger partial charge < -0.3 is 26.2 Å². The van der Waals surface area contributed by atoms with Crippen LogP contribution in [0.5, 0.6) is 0 Å². The number of Topliss-reactive ketones (excluding diaryl/α,β-unsaturated/α-hetero) is 1. The first-order chi connectivity index (χ1) is 17.2. The quantitative estimate of drug-likeness (QED) is 0.223. The van der Waals surface area contributed by atoms with Crippen LogP contribution in [-0.4, -0.2) is 71.7 Å². The predicted molar refractivity (Wildman–Crippen MR) is 137 cm³/mol. The van der Waals surface area contributed by atoms with Gasteiger partial charge in [0.1, 0.15) is 12.1 Å². The Bertz CT molecular complexity index is 811. The molecular weight excluding hydrogens is 462 g/mol. The van der Waals surface area contributed by atoms with Crippen molar-refractivity contribution < 1.29 is 24.0 Å². The summed E-state index contributed by atoms with van der Waals surface area (Å²) in [4.78, 5) is 65.8. The monoisotopic (exact) mass is 505 g/mol. The Morgan fingerprint density at radius 3 is 2.31 bits per heavy atom. The zero-order valence-electron chi connectivity index (χ0n) is 21.9. The lowest BCUT2D eigenvalue weighted by Crippen LogP contribution is -2.58. The first-order valence-corrected chi connectivity index (χ1v) is 13.3. The van der Waals surface area contributed by atoms with Gasteiger partial charge >= 0.3 is 6.03 Å². The highest BCUT2D eigenvalue weighted by molar-refractivity contribution is 6.38. The van der Waals surface area contributed by atoms with Crippen molar-refractivity contribution in [3.63, 3.8) is 0 Å². The molecule has 1 saturated carbocycles. The number of amides is 5. The van der Waals surface area contributed by atoms with Crippen LogP contribution in [0.25, 0.3) is 0 Å². The van der Waals surface area contributed by atoms with E-state index in [0.717, 1.165) is 32.1 Å². The first kappa shape index (κ1) is 29.3. The lowest BCUT2D eigenvalue weighted by molar-refractivity contribution is -0.143.